The maximum absolute atomic E-state index is 4.58. The van der Waals surface area contributed by atoms with Gasteiger partial charge in [-0.2, -0.15) is 0 Å². The Labute approximate surface area is 98.5 Å². The van der Waals surface area contributed by atoms with Crippen molar-refractivity contribution in [2.24, 2.45) is 5.92 Å². The second-order valence-electron chi connectivity index (χ2n) is 5.05. The van der Waals surface area contributed by atoms with Gasteiger partial charge >= 0.3 is 0 Å². The van der Waals surface area contributed by atoms with Crippen molar-refractivity contribution in [2.75, 3.05) is 0 Å². The van der Waals surface area contributed by atoms with Crippen molar-refractivity contribution < 1.29 is 0 Å². The summed E-state index contributed by atoms with van der Waals surface area (Å²) < 4.78 is 0. The van der Waals surface area contributed by atoms with E-state index in [1.165, 1.54) is 44.2 Å². The first-order valence-electron chi connectivity index (χ1n) is 6.59. The molecule has 1 aliphatic rings. The fourth-order valence-corrected chi connectivity index (χ4v) is 2.93. The fraction of sp³-hybridized carbons (Fsp3) is 0.714. The van der Waals surface area contributed by atoms with Crippen LogP contribution in [0, 0.1) is 12.8 Å². The van der Waals surface area contributed by atoms with Gasteiger partial charge in [0.2, 0.25) is 0 Å². The van der Waals surface area contributed by atoms with E-state index in [1.54, 1.807) is 0 Å². The number of aromatic nitrogens is 2. The quantitative estimate of drug-likeness (QED) is 0.770. The number of hydrogen-bond donors (Lipinski definition) is 0. The summed E-state index contributed by atoms with van der Waals surface area (Å²) >= 11 is 0. The summed E-state index contributed by atoms with van der Waals surface area (Å²) in [6.07, 6.45) is 10.1. The minimum Gasteiger partial charge on any atom is -0.242 e. The Morgan fingerprint density at radius 1 is 1.38 bits per heavy atom. The summed E-state index contributed by atoms with van der Waals surface area (Å²) in [7, 11) is 0. The molecule has 1 aliphatic carbocycles. The van der Waals surface area contributed by atoms with Crippen LogP contribution in [0.1, 0.15) is 62.9 Å². The van der Waals surface area contributed by atoms with Crippen molar-refractivity contribution in [1.29, 1.82) is 0 Å². The molecule has 1 aromatic heterocycles. The maximum Gasteiger partial charge on any atom is 0.125 e. The molecule has 2 heteroatoms. The van der Waals surface area contributed by atoms with Crippen LogP contribution in [-0.2, 0) is 0 Å². The second-order valence-corrected chi connectivity index (χ2v) is 5.05. The molecular formula is C14H22N2. The van der Waals surface area contributed by atoms with Crippen molar-refractivity contribution in [3.63, 3.8) is 0 Å². The average molecular weight is 218 g/mol. The Hall–Kier alpha value is -0.920. The van der Waals surface area contributed by atoms with Gasteiger partial charge in [0.25, 0.3) is 0 Å². The molecule has 0 saturated heterocycles. The number of hydrogen-bond acceptors (Lipinski definition) is 2. The predicted molar refractivity (Wildman–Crippen MR) is 66.4 cm³/mol. The van der Waals surface area contributed by atoms with E-state index in [9.17, 15) is 0 Å². The first kappa shape index (κ1) is 11.6. The van der Waals surface area contributed by atoms with Crippen LogP contribution in [0.25, 0.3) is 0 Å². The van der Waals surface area contributed by atoms with Crippen molar-refractivity contribution in [1.82, 2.24) is 9.97 Å². The van der Waals surface area contributed by atoms with Crippen molar-refractivity contribution >= 4 is 0 Å². The van der Waals surface area contributed by atoms with Gasteiger partial charge in [-0.3, -0.25) is 0 Å². The lowest BCUT2D eigenvalue weighted by Crippen LogP contribution is -2.15. The summed E-state index contributed by atoms with van der Waals surface area (Å²) in [5, 5.41) is 0. The Morgan fingerprint density at radius 2 is 2.25 bits per heavy atom. The zero-order chi connectivity index (χ0) is 11.4. The molecule has 0 spiro atoms. The Balaban J connectivity index is 2.03. The summed E-state index contributed by atoms with van der Waals surface area (Å²) in [4.78, 5) is 8.76. The minimum atomic E-state index is 0.687. The molecule has 16 heavy (non-hydrogen) atoms. The van der Waals surface area contributed by atoms with E-state index < -0.39 is 0 Å². The van der Waals surface area contributed by atoms with Gasteiger partial charge in [0.1, 0.15) is 5.82 Å². The third kappa shape index (κ3) is 2.81. The summed E-state index contributed by atoms with van der Waals surface area (Å²) in [6, 6.07) is 2.10. The number of aryl methyl sites for hydroxylation is 1. The molecule has 2 unspecified atom stereocenters. The first-order chi connectivity index (χ1) is 7.79. The van der Waals surface area contributed by atoms with Gasteiger partial charge in [0.05, 0.1) is 0 Å². The standard InChI is InChI=1S/C14H22N2/c1-3-5-12-6-4-7-13(10-12)14-8-9-15-11(2)16-14/h8-9,12-13H,3-7,10H2,1-2H3. The molecule has 0 aromatic carbocycles. The molecule has 88 valence electrons. The molecule has 2 atom stereocenters. The van der Waals surface area contributed by atoms with Gasteiger partial charge in [-0.25, -0.2) is 9.97 Å². The molecule has 1 aromatic rings. The Morgan fingerprint density at radius 3 is 3.00 bits per heavy atom. The lowest BCUT2D eigenvalue weighted by atomic mass is 9.78. The smallest absolute Gasteiger partial charge is 0.125 e. The van der Waals surface area contributed by atoms with Gasteiger partial charge < -0.3 is 0 Å². The molecule has 0 aliphatic heterocycles. The van der Waals surface area contributed by atoms with E-state index in [2.05, 4.69) is 23.0 Å². The number of nitrogens with zero attached hydrogens (tertiary/aromatic N) is 2. The topological polar surface area (TPSA) is 25.8 Å². The second kappa shape index (κ2) is 5.42. The van der Waals surface area contributed by atoms with Crippen molar-refractivity contribution in [3.05, 3.63) is 23.8 Å². The lowest BCUT2D eigenvalue weighted by Gasteiger charge is -2.28. The van der Waals surface area contributed by atoms with Gasteiger partial charge in [-0.05, 0) is 31.7 Å². The molecule has 2 rings (SSSR count). The van der Waals surface area contributed by atoms with E-state index in [0.717, 1.165) is 11.7 Å². The SMILES string of the molecule is CCCC1CCCC(c2ccnc(C)n2)C1. The van der Waals surface area contributed by atoms with E-state index >= 15 is 0 Å². The predicted octanol–water partition coefficient (Wildman–Crippen LogP) is 3.86. The molecule has 2 nitrogen and oxygen atoms in total. The normalized spacial score (nSPS) is 25.6. The largest absolute Gasteiger partial charge is 0.242 e. The molecule has 0 radical (unpaired) electrons. The van der Waals surface area contributed by atoms with E-state index in [4.69, 9.17) is 0 Å². The molecule has 0 amide bonds. The zero-order valence-electron chi connectivity index (χ0n) is 10.4. The third-order valence-corrected chi connectivity index (χ3v) is 3.70. The monoisotopic (exact) mass is 218 g/mol. The summed E-state index contributed by atoms with van der Waals surface area (Å²) in [5.74, 6) is 2.53. The maximum atomic E-state index is 4.58. The van der Waals surface area contributed by atoms with Crippen LogP contribution in [0.4, 0.5) is 0 Å². The molecular weight excluding hydrogens is 196 g/mol. The highest BCUT2D eigenvalue weighted by Crippen LogP contribution is 2.37. The van der Waals surface area contributed by atoms with Crippen molar-refractivity contribution in [2.45, 2.75) is 58.3 Å². The van der Waals surface area contributed by atoms with E-state index in [0.29, 0.717) is 5.92 Å². The highest BCUT2D eigenvalue weighted by atomic mass is 14.9. The highest BCUT2D eigenvalue weighted by Gasteiger charge is 2.23. The highest BCUT2D eigenvalue weighted by molar-refractivity contribution is 5.09. The first-order valence-corrected chi connectivity index (χ1v) is 6.59. The Bertz CT molecular complexity index is 333. The average Bonchev–Trinajstić information content (AvgIpc) is 2.30. The molecule has 0 bridgehead atoms. The van der Waals surface area contributed by atoms with Gasteiger partial charge in [0, 0.05) is 17.8 Å². The van der Waals surface area contributed by atoms with Crippen LogP contribution in [0.3, 0.4) is 0 Å². The lowest BCUT2D eigenvalue weighted by molar-refractivity contribution is 0.300. The molecule has 0 N–H and O–H groups in total. The van der Waals surface area contributed by atoms with Crippen LogP contribution in [0.5, 0.6) is 0 Å². The fourth-order valence-electron chi connectivity index (χ4n) is 2.93. The number of rotatable bonds is 3. The van der Waals surface area contributed by atoms with Crippen LogP contribution >= 0.6 is 0 Å². The Kier molecular flexibility index (Phi) is 3.92. The van der Waals surface area contributed by atoms with Crippen LogP contribution in [0.2, 0.25) is 0 Å². The molecule has 1 fully saturated rings. The van der Waals surface area contributed by atoms with E-state index in [-0.39, 0.29) is 0 Å². The van der Waals surface area contributed by atoms with Gasteiger partial charge in [-0.15, -0.1) is 0 Å². The summed E-state index contributed by atoms with van der Waals surface area (Å²) in [6.45, 7) is 4.27. The van der Waals surface area contributed by atoms with Crippen LogP contribution < -0.4 is 0 Å². The third-order valence-electron chi connectivity index (χ3n) is 3.70. The van der Waals surface area contributed by atoms with Gasteiger partial charge in [-0.1, -0.05) is 32.6 Å². The van der Waals surface area contributed by atoms with Crippen molar-refractivity contribution in [3.8, 4) is 0 Å². The van der Waals surface area contributed by atoms with E-state index in [1.807, 2.05) is 13.1 Å². The zero-order valence-corrected chi connectivity index (χ0v) is 10.4. The summed E-state index contributed by atoms with van der Waals surface area (Å²) in [5.41, 5.74) is 1.27. The molecule has 1 heterocycles. The minimum absolute atomic E-state index is 0.687. The van der Waals surface area contributed by atoms with Crippen LogP contribution in [0.15, 0.2) is 12.3 Å². The van der Waals surface area contributed by atoms with Crippen LogP contribution in [-0.4, -0.2) is 9.97 Å². The van der Waals surface area contributed by atoms with Gasteiger partial charge in [0.15, 0.2) is 0 Å². The molecule has 1 saturated carbocycles.